The van der Waals surface area contributed by atoms with Crippen LogP contribution in [-0.4, -0.2) is 33.1 Å². The molecule has 1 aliphatic rings. The van der Waals surface area contributed by atoms with Gasteiger partial charge in [0.05, 0.1) is 17.7 Å². The van der Waals surface area contributed by atoms with Crippen molar-refractivity contribution < 1.29 is 22.7 Å². The molecule has 166 valence electrons. The number of nitrogens with zero attached hydrogens (tertiary/aromatic N) is 1. The number of para-hydroxylation sites is 1. The number of benzene rings is 2. The van der Waals surface area contributed by atoms with Gasteiger partial charge in [-0.05, 0) is 60.9 Å². The molecule has 0 aromatic heterocycles. The molecule has 1 N–H and O–H groups in total. The second-order valence-corrected chi connectivity index (χ2v) is 9.41. The van der Waals surface area contributed by atoms with Gasteiger partial charge in [-0.3, -0.25) is 4.79 Å². The van der Waals surface area contributed by atoms with Crippen molar-refractivity contribution in [1.29, 1.82) is 0 Å². The summed E-state index contributed by atoms with van der Waals surface area (Å²) in [5.74, 6) is -0.491. The van der Waals surface area contributed by atoms with Crippen molar-refractivity contribution in [3.8, 4) is 5.75 Å². The van der Waals surface area contributed by atoms with Gasteiger partial charge in [-0.15, -0.1) is 0 Å². The van der Waals surface area contributed by atoms with Gasteiger partial charge >= 0.3 is 6.03 Å². The van der Waals surface area contributed by atoms with E-state index in [-0.39, 0.29) is 32.6 Å². The number of nitrogens with one attached hydrogen (secondary N) is 1. The Hall–Kier alpha value is -3.52. The molecule has 0 fully saturated rings. The van der Waals surface area contributed by atoms with Crippen LogP contribution in [0.1, 0.15) is 20.8 Å². The number of ether oxygens (including phenoxy) is 1. The molecule has 0 atom stereocenters. The zero-order valence-electron chi connectivity index (χ0n) is 18.2. The zero-order valence-corrected chi connectivity index (χ0v) is 19.1. The van der Waals surface area contributed by atoms with Gasteiger partial charge in [0, 0.05) is 11.3 Å². The number of sulfone groups is 1. The molecule has 0 radical (unpaired) electrons. The van der Waals surface area contributed by atoms with E-state index in [4.69, 9.17) is 4.74 Å². The van der Waals surface area contributed by atoms with Crippen molar-refractivity contribution in [1.82, 2.24) is 0 Å². The van der Waals surface area contributed by atoms with Crippen LogP contribution in [0.15, 0.2) is 86.6 Å². The lowest BCUT2D eigenvalue weighted by Crippen LogP contribution is -2.27. The van der Waals surface area contributed by atoms with Gasteiger partial charge in [0.2, 0.25) is 15.6 Å². The molecule has 32 heavy (non-hydrogen) atoms. The Labute approximate surface area is 187 Å². The second-order valence-electron chi connectivity index (χ2n) is 7.53. The smallest absolute Gasteiger partial charge is 0.345 e. The highest BCUT2D eigenvalue weighted by Crippen LogP contribution is 2.33. The van der Waals surface area contributed by atoms with Crippen molar-refractivity contribution in [2.75, 3.05) is 12.4 Å². The van der Waals surface area contributed by atoms with Crippen molar-refractivity contribution in [2.45, 2.75) is 25.7 Å². The lowest BCUT2D eigenvalue weighted by atomic mass is 9.89. The SMILES string of the molecule is COc1ccc(S(=O)(=O)C2=C(C(C)C)C(=NC(=O)Nc3ccccc3)C=C(C)C2=O)cc1. The average Bonchev–Trinajstić information content (AvgIpc) is 2.76. The molecule has 1 aliphatic carbocycles. The van der Waals surface area contributed by atoms with Crippen molar-refractivity contribution in [2.24, 2.45) is 10.9 Å². The van der Waals surface area contributed by atoms with Crippen LogP contribution in [0.2, 0.25) is 0 Å². The third-order valence-corrected chi connectivity index (χ3v) is 6.74. The molecule has 2 amide bonds. The van der Waals surface area contributed by atoms with Crippen molar-refractivity contribution >= 4 is 33.1 Å². The van der Waals surface area contributed by atoms with E-state index in [2.05, 4.69) is 10.3 Å². The number of hydrogen-bond acceptors (Lipinski definition) is 5. The van der Waals surface area contributed by atoms with Gasteiger partial charge in [-0.25, -0.2) is 13.2 Å². The fourth-order valence-electron chi connectivity index (χ4n) is 3.34. The van der Waals surface area contributed by atoms with Crippen LogP contribution in [0, 0.1) is 5.92 Å². The van der Waals surface area contributed by atoms with E-state index in [0.29, 0.717) is 11.4 Å². The first-order valence-electron chi connectivity index (χ1n) is 9.96. The van der Waals surface area contributed by atoms with E-state index in [1.54, 1.807) is 38.1 Å². The second kappa shape index (κ2) is 9.32. The minimum atomic E-state index is -4.17. The number of amides is 2. The fourth-order valence-corrected chi connectivity index (χ4v) is 5.10. The molecule has 0 saturated heterocycles. The Morgan fingerprint density at radius 1 is 1.03 bits per heavy atom. The molecule has 0 unspecified atom stereocenters. The number of aliphatic imine (C=N–C) groups is 1. The summed E-state index contributed by atoms with van der Waals surface area (Å²) >= 11 is 0. The largest absolute Gasteiger partial charge is 0.497 e. The highest BCUT2D eigenvalue weighted by atomic mass is 32.2. The molecular formula is C24H24N2O5S. The first kappa shape index (κ1) is 23.1. The first-order chi connectivity index (χ1) is 15.1. The molecule has 0 spiro atoms. The number of rotatable bonds is 5. The third kappa shape index (κ3) is 4.70. The van der Waals surface area contributed by atoms with Crippen molar-refractivity contribution in [3.63, 3.8) is 0 Å². The summed E-state index contributed by atoms with van der Waals surface area (Å²) in [6.07, 6.45) is 1.45. The Kier molecular flexibility index (Phi) is 6.74. The van der Waals surface area contributed by atoms with Gasteiger partial charge < -0.3 is 10.1 Å². The summed E-state index contributed by atoms with van der Waals surface area (Å²) in [5, 5.41) is 2.65. The summed E-state index contributed by atoms with van der Waals surface area (Å²) < 4.78 is 32.0. The predicted molar refractivity (Wildman–Crippen MR) is 124 cm³/mol. The zero-order chi connectivity index (χ0) is 23.5. The summed E-state index contributed by atoms with van der Waals surface area (Å²) in [7, 11) is -2.69. The first-order valence-corrected chi connectivity index (χ1v) is 11.4. The van der Waals surface area contributed by atoms with Crippen LogP contribution in [-0.2, 0) is 14.6 Å². The normalized spacial score (nSPS) is 15.7. The molecule has 2 aromatic carbocycles. The monoisotopic (exact) mass is 452 g/mol. The van der Waals surface area contributed by atoms with Crippen LogP contribution in [0.5, 0.6) is 5.75 Å². The summed E-state index contributed by atoms with van der Waals surface area (Å²) in [6, 6.07) is 13.9. The molecular weight excluding hydrogens is 428 g/mol. The van der Waals surface area contributed by atoms with E-state index >= 15 is 0 Å². The molecule has 0 bridgehead atoms. The van der Waals surface area contributed by atoms with E-state index in [0.717, 1.165) is 0 Å². The Morgan fingerprint density at radius 2 is 1.66 bits per heavy atom. The minimum absolute atomic E-state index is 0.0393. The van der Waals surface area contributed by atoms with Gasteiger partial charge in [0.15, 0.2) is 0 Å². The van der Waals surface area contributed by atoms with Crippen LogP contribution in [0.3, 0.4) is 0 Å². The third-order valence-electron chi connectivity index (χ3n) is 4.90. The molecule has 2 aromatic rings. The topological polar surface area (TPSA) is 102 Å². The van der Waals surface area contributed by atoms with E-state index in [1.165, 1.54) is 44.4 Å². The highest BCUT2D eigenvalue weighted by molar-refractivity contribution is 7.96. The van der Waals surface area contributed by atoms with Gasteiger partial charge in [-0.2, -0.15) is 4.99 Å². The van der Waals surface area contributed by atoms with Gasteiger partial charge in [-0.1, -0.05) is 32.0 Å². The molecule has 8 heteroatoms. The average molecular weight is 453 g/mol. The molecule has 0 heterocycles. The van der Waals surface area contributed by atoms with Crippen LogP contribution in [0.4, 0.5) is 10.5 Å². The van der Waals surface area contributed by atoms with Crippen LogP contribution < -0.4 is 10.1 Å². The van der Waals surface area contributed by atoms with E-state index in [1.807, 2.05) is 6.07 Å². The highest BCUT2D eigenvalue weighted by Gasteiger charge is 2.36. The maximum absolute atomic E-state index is 13.5. The van der Waals surface area contributed by atoms with Crippen LogP contribution >= 0.6 is 0 Å². The number of methoxy groups -OCH3 is 1. The quantitative estimate of drug-likeness (QED) is 0.669. The Balaban J connectivity index is 2.12. The van der Waals surface area contributed by atoms with Crippen LogP contribution in [0.25, 0.3) is 0 Å². The minimum Gasteiger partial charge on any atom is -0.497 e. The number of ketones is 1. The number of carbonyl (C=O) groups excluding carboxylic acids is 2. The van der Waals surface area contributed by atoms with E-state index in [9.17, 15) is 18.0 Å². The number of allylic oxidation sites excluding steroid dienone is 4. The number of carbonyl (C=O) groups is 2. The van der Waals surface area contributed by atoms with E-state index < -0.39 is 21.7 Å². The Bertz CT molecular complexity index is 1240. The molecule has 0 saturated carbocycles. The van der Waals surface area contributed by atoms with Gasteiger partial charge in [0.1, 0.15) is 10.7 Å². The molecule has 0 aliphatic heterocycles. The van der Waals surface area contributed by atoms with Gasteiger partial charge in [0.25, 0.3) is 0 Å². The fraction of sp³-hybridized carbons (Fsp3) is 0.208. The number of Topliss-reactive ketones (excluding diaryl/α,β-unsaturated/α-hetero) is 1. The maximum atomic E-state index is 13.5. The van der Waals surface area contributed by atoms with Crippen molar-refractivity contribution in [3.05, 3.63) is 76.7 Å². The summed E-state index contributed by atoms with van der Waals surface area (Å²) in [6.45, 7) is 5.02. The summed E-state index contributed by atoms with van der Waals surface area (Å²) in [5.41, 5.74) is 1.10. The lowest BCUT2D eigenvalue weighted by molar-refractivity contribution is -0.111. The standard InChI is InChI=1S/C24H24N2O5S/c1-15(2)21-20(26-24(28)25-17-8-6-5-7-9-17)14-16(3)22(27)23(21)32(29,30)19-12-10-18(31-4)11-13-19/h5-15H,1-4H3,(H,25,28). The number of hydrogen-bond donors (Lipinski definition) is 1. The molecule has 7 nitrogen and oxygen atoms in total. The summed E-state index contributed by atoms with van der Waals surface area (Å²) in [4.78, 5) is 29.3. The predicted octanol–water partition coefficient (Wildman–Crippen LogP) is 4.58. The number of urea groups is 1. The molecule has 3 rings (SSSR count). The Morgan fingerprint density at radius 3 is 2.22 bits per heavy atom. The lowest BCUT2D eigenvalue weighted by Gasteiger charge is -2.22. The number of anilines is 1. The maximum Gasteiger partial charge on any atom is 0.345 e.